The second-order valence-electron chi connectivity index (χ2n) is 6.61. The number of pyridine rings is 1. The minimum Gasteiger partial charge on any atom is -0.497 e. The molecule has 0 saturated heterocycles. The fourth-order valence-electron chi connectivity index (χ4n) is 2.98. The monoisotopic (exact) mass is 443 g/mol. The van der Waals surface area contributed by atoms with Crippen molar-refractivity contribution < 1.29 is 14.6 Å². The number of halogens is 2. The van der Waals surface area contributed by atoms with E-state index in [0.717, 1.165) is 16.9 Å². The highest BCUT2D eigenvalue weighted by Gasteiger charge is 2.12. The highest BCUT2D eigenvalue weighted by Crippen LogP contribution is 2.22. The largest absolute Gasteiger partial charge is 0.497 e. The molecule has 1 N–H and O–H groups in total. The number of methoxy groups -OCH3 is 1. The number of nitrogens with zero attached hydrogens (tertiary/aromatic N) is 1. The lowest BCUT2D eigenvalue weighted by atomic mass is 10.1. The number of ether oxygens (including phenoxy) is 1. The molecule has 7 heteroatoms. The molecular formula is C23H19Cl2NO4. The van der Waals surface area contributed by atoms with Crippen molar-refractivity contribution >= 4 is 41.3 Å². The van der Waals surface area contributed by atoms with Crippen molar-refractivity contribution in [2.45, 2.75) is 13.0 Å². The van der Waals surface area contributed by atoms with Crippen LogP contribution in [0.2, 0.25) is 10.0 Å². The Hall–Kier alpha value is -3.02. The summed E-state index contributed by atoms with van der Waals surface area (Å²) in [5.74, 6) is -0.177. The Balaban J connectivity index is 1.96. The first-order valence-corrected chi connectivity index (χ1v) is 9.83. The minimum absolute atomic E-state index is 0.0287. The zero-order valence-electron chi connectivity index (χ0n) is 16.1. The molecule has 0 saturated carbocycles. The predicted molar refractivity (Wildman–Crippen MR) is 120 cm³/mol. The highest BCUT2D eigenvalue weighted by atomic mass is 35.5. The SMILES string of the molecule is COc1cccc(/C=C/c2c(Cl)cc(Cl)c(=O)n2Cc2ccc(CC(=O)O)cc2)c1. The topological polar surface area (TPSA) is 68.5 Å². The van der Waals surface area contributed by atoms with Gasteiger partial charge in [0.1, 0.15) is 10.8 Å². The Morgan fingerprint density at radius 2 is 1.73 bits per heavy atom. The third-order valence-corrected chi connectivity index (χ3v) is 5.06. The molecule has 0 aliphatic heterocycles. The minimum atomic E-state index is -0.898. The normalized spacial score (nSPS) is 11.0. The van der Waals surface area contributed by atoms with Crippen molar-refractivity contribution in [2.24, 2.45) is 0 Å². The van der Waals surface area contributed by atoms with Crippen LogP contribution in [0, 0.1) is 0 Å². The van der Waals surface area contributed by atoms with Gasteiger partial charge in [-0.15, -0.1) is 0 Å². The molecule has 0 spiro atoms. The van der Waals surface area contributed by atoms with Crippen LogP contribution in [0.4, 0.5) is 0 Å². The number of carbonyl (C=O) groups is 1. The average Bonchev–Trinajstić information content (AvgIpc) is 2.72. The van der Waals surface area contributed by atoms with Crippen molar-refractivity contribution in [1.82, 2.24) is 4.57 Å². The highest BCUT2D eigenvalue weighted by molar-refractivity contribution is 6.35. The number of hydrogen-bond donors (Lipinski definition) is 1. The molecule has 0 aliphatic carbocycles. The second kappa shape index (κ2) is 9.65. The molecule has 1 heterocycles. The van der Waals surface area contributed by atoms with Crippen LogP contribution >= 0.6 is 23.2 Å². The fourth-order valence-corrected chi connectivity index (χ4v) is 3.52. The molecule has 0 atom stereocenters. The van der Waals surface area contributed by atoms with Gasteiger partial charge >= 0.3 is 5.97 Å². The molecular weight excluding hydrogens is 425 g/mol. The van der Waals surface area contributed by atoms with Gasteiger partial charge in [-0.2, -0.15) is 0 Å². The summed E-state index contributed by atoms with van der Waals surface area (Å²) in [6.45, 7) is 0.240. The van der Waals surface area contributed by atoms with Crippen LogP contribution in [0.15, 0.2) is 59.4 Å². The number of hydrogen-bond acceptors (Lipinski definition) is 3. The molecule has 1 aromatic heterocycles. The van der Waals surface area contributed by atoms with E-state index in [-0.39, 0.29) is 23.5 Å². The lowest BCUT2D eigenvalue weighted by Crippen LogP contribution is -2.23. The lowest BCUT2D eigenvalue weighted by molar-refractivity contribution is -0.136. The van der Waals surface area contributed by atoms with E-state index in [9.17, 15) is 9.59 Å². The summed E-state index contributed by atoms with van der Waals surface area (Å²) in [4.78, 5) is 23.6. The second-order valence-corrected chi connectivity index (χ2v) is 7.43. The number of carboxylic acids is 1. The van der Waals surface area contributed by atoms with Gasteiger partial charge in [0.2, 0.25) is 0 Å². The van der Waals surface area contributed by atoms with E-state index >= 15 is 0 Å². The summed E-state index contributed by atoms with van der Waals surface area (Å²) in [6, 6.07) is 16.0. The number of rotatable bonds is 7. The maximum atomic E-state index is 12.7. The first-order chi connectivity index (χ1) is 14.4. The summed E-state index contributed by atoms with van der Waals surface area (Å²) in [5, 5.41) is 9.28. The molecule has 0 fully saturated rings. The van der Waals surface area contributed by atoms with Gasteiger partial charge in [-0.25, -0.2) is 0 Å². The third-order valence-electron chi connectivity index (χ3n) is 4.48. The standard InChI is InChI=1S/C23H19Cl2NO4/c1-30-18-4-2-3-15(11-18)9-10-21-19(24)13-20(25)23(29)26(21)14-17-7-5-16(6-8-17)12-22(27)28/h2-11,13H,12,14H2,1H3,(H,27,28)/b10-9+. The summed E-state index contributed by atoms with van der Waals surface area (Å²) in [6.07, 6.45) is 3.54. The molecule has 5 nitrogen and oxygen atoms in total. The van der Waals surface area contributed by atoms with Crippen LogP contribution in [-0.4, -0.2) is 22.8 Å². The van der Waals surface area contributed by atoms with Crippen molar-refractivity contribution in [3.8, 4) is 5.75 Å². The number of benzene rings is 2. The summed E-state index contributed by atoms with van der Waals surface area (Å²) < 4.78 is 6.73. The van der Waals surface area contributed by atoms with Gasteiger partial charge in [-0.05, 0) is 41.0 Å². The van der Waals surface area contributed by atoms with Crippen LogP contribution in [0.25, 0.3) is 12.2 Å². The van der Waals surface area contributed by atoms with Gasteiger partial charge < -0.3 is 14.4 Å². The lowest BCUT2D eigenvalue weighted by Gasteiger charge is -2.13. The smallest absolute Gasteiger partial charge is 0.307 e. The third kappa shape index (κ3) is 5.32. The van der Waals surface area contributed by atoms with E-state index in [2.05, 4.69) is 0 Å². The Morgan fingerprint density at radius 3 is 2.40 bits per heavy atom. The van der Waals surface area contributed by atoms with E-state index in [4.69, 9.17) is 33.0 Å². The molecule has 0 aliphatic rings. The quantitative estimate of drug-likeness (QED) is 0.557. The first-order valence-electron chi connectivity index (χ1n) is 9.08. The van der Waals surface area contributed by atoms with Crippen LogP contribution in [-0.2, 0) is 17.8 Å². The van der Waals surface area contributed by atoms with Gasteiger partial charge in [0.25, 0.3) is 5.56 Å². The Kier molecular flexibility index (Phi) is 6.98. The predicted octanol–water partition coefficient (Wildman–Crippen LogP) is 5.01. The van der Waals surface area contributed by atoms with E-state index in [1.807, 2.05) is 30.3 Å². The maximum Gasteiger partial charge on any atom is 0.307 e. The van der Waals surface area contributed by atoms with Crippen molar-refractivity contribution in [3.63, 3.8) is 0 Å². The summed E-state index contributed by atoms with van der Waals surface area (Å²) in [5.41, 5.74) is 2.54. The molecule has 0 bridgehead atoms. The number of aromatic nitrogens is 1. The molecule has 3 aromatic rings. The molecule has 0 amide bonds. The van der Waals surface area contributed by atoms with Gasteiger partial charge in [-0.1, -0.05) is 65.7 Å². The molecule has 3 rings (SSSR count). The van der Waals surface area contributed by atoms with Gasteiger partial charge in [0.05, 0.1) is 30.8 Å². The zero-order valence-corrected chi connectivity index (χ0v) is 17.7. The van der Waals surface area contributed by atoms with Gasteiger partial charge in [-0.3, -0.25) is 9.59 Å². The Morgan fingerprint density at radius 1 is 1.03 bits per heavy atom. The Bertz CT molecular complexity index is 1150. The molecule has 154 valence electrons. The Labute approximate surface area is 183 Å². The van der Waals surface area contributed by atoms with E-state index in [1.54, 1.807) is 37.5 Å². The maximum absolute atomic E-state index is 12.7. The van der Waals surface area contributed by atoms with E-state index in [1.165, 1.54) is 10.6 Å². The summed E-state index contributed by atoms with van der Waals surface area (Å²) >= 11 is 12.5. The van der Waals surface area contributed by atoms with Crippen LogP contribution in [0.5, 0.6) is 5.75 Å². The zero-order chi connectivity index (χ0) is 21.7. The van der Waals surface area contributed by atoms with E-state index in [0.29, 0.717) is 16.3 Å². The van der Waals surface area contributed by atoms with Crippen LogP contribution in [0.3, 0.4) is 0 Å². The first kappa shape index (κ1) is 21.7. The fraction of sp³-hybridized carbons (Fsp3) is 0.130. The molecule has 0 radical (unpaired) electrons. The number of carboxylic acid groups (broad SMARTS) is 1. The summed E-state index contributed by atoms with van der Waals surface area (Å²) in [7, 11) is 1.60. The molecule has 30 heavy (non-hydrogen) atoms. The van der Waals surface area contributed by atoms with Crippen molar-refractivity contribution in [3.05, 3.63) is 97.4 Å². The van der Waals surface area contributed by atoms with Crippen molar-refractivity contribution in [2.75, 3.05) is 7.11 Å². The molecule has 0 unspecified atom stereocenters. The van der Waals surface area contributed by atoms with Gasteiger partial charge in [0, 0.05) is 0 Å². The van der Waals surface area contributed by atoms with Crippen molar-refractivity contribution in [1.29, 1.82) is 0 Å². The number of aliphatic carboxylic acids is 1. The average molecular weight is 444 g/mol. The van der Waals surface area contributed by atoms with Crippen LogP contribution < -0.4 is 10.3 Å². The molecule has 2 aromatic carbocycles. The van der Waals surface area contributed by atoms with Gasteiger partial charge in [0.15, 0.2) is 0 Å². The van der Waals surface area contributed by atoms with E-state index < -0.39 is 5.97 Å². The van der Waals surface area contributed by atoms with Crippen LogP contribution in [0.1, 0.15) is 22.4 Å².